The van der Waals surface area contributed by atoms with E-state index in [2.05, 4.69) is 21.2 Å². The number of hydrogen-bond acceptors (Lipinski definition) is 4. The van der Waals surface area contributed by atoms with Crippen molar-refractivity contribution in [2.75, 3.05) is 11.9 Å². The van der Waals surface area contributed by atoms with E-state index in [0.29, 0.717) is 4.91 Å². The number of rotatable bonds is 4. The zero-order valence-electron chi connectivity index (χ0n) is 14.8. The molecular formula is C19H11BrClF3N2O2S2. The summed E-state index contributed by atoms with van der Waals surface area (Å²) in [6, 6.07) is 10.2. The van der Waals surface area contributed by atoms with Crippen LogP contribution in [0.5, 0.6) is 0 Å². The molecule has 0 radical (unpaired) electrons. The predicted octanol–water partition coefficient (Wildman–Crippen LogP) is 5.96. The van der Waals surface area contributed by atoms with Crippen molar-refractivity contribution >= 4 is 79.4 Å². The molecule has 30 heavy (non-hydrogen) atoms. The molecule has 0 aliphatic carbocycles. The number of alkyl halides is 3. The maximum atomic E-state index is 13.2. The second-order valence-electron chi connectivity index (χ2n) is 6.06. The van der Waals surface area contributed by atoms with Crippen LogP contribution in [-0.4, -0.2) is 27.6 Å². The molecule has 0 bridgehead atoms. The van der Waals surface area contributed by atoms with Gasteiger partial charge in [0.1, 0.15) is 10.9 Å². The molecule has 156 valence electrons. The molecule has 1 aliphatic rings. The summed E-state index contributed by atoms with van der Waals surface area (Å²) >= 11 is 15.2. The van der Waals surface area contributed by atoms with Crippen molar-refractivity contribution in [2.45, 2.75) is 6.18 Å². The Bertz CT molecular complexity index is 1080. The van der Waals surface area contributed by atoms with E-state index in [1.54, 1.807) is 24.3 Å². The number of hydrogen-bond donors (Lipinski definition) is 1. The molecule has 1 fully saturated rings. The summed E-state index contributed by atoms with van der Waals surface area (Å²) in [6.07, 6.45) is -3.08. The van der Waals surface area contributed by atoms with Gasteiger partial charge < -0.3 is 5.32 Å². The summed E-state index contributed by atoms with van der Waals surface area (Å²) < 4.78 is 40.5. The number of nitrogens with one attached hydrogen (secondary N) is 1. The molecule has 1 saturated heterocycles. The zero-order valence-corrected chi connectivity index (χ0v) is 18.8. The minimum Gasteiger partial charge on any atom is -0.324 e. The van der Waals surface area contributed by atoms with Gasteiger partial charge in [-0.05, 0) is 42.0 Å². The van der Waals surface area contributed by atoms with Crippen LogP contribution in [0.15, 0.2) is 51.8 Å². The van der Waals surface area contributed by atoms with E-state index in [-0.39, 0.29) is 9.34 Å². The van der Waals surface area contributed by atoms with Gasteiger partial charge in [0, 0.05) is 9.50 Å². The number of carbonyl (C=O) groups is 2. The molecule has 1 heterocycles. The monoisotopic (exact) mass is 534 g/mol. The van der Waals surface area contributed by atoms with E-state index < -0.39 is 35.8 Å². The van der Waals surface area contributed by atoms with E-state index in [0.717, 1.165) is 38.8 Å². The summed E-state index contributed by atoms with van der Waals surface area (Å²) in [4.78, 5) is 26.3. The number of amides is 2. The van der Waals surface area contributed by atoms with E-state index in [1.807, 2.05) is 6.07 Å². The standard InChI is InChI=1S/C19H11BrClF3N2O2S2/c20-11-3-1-2-10(6-11)7-15-17(28)26(18(29)30-15)9-16(27)25-14-5-4-12(21)8-13(14)19(22,23)24/h1-8H,9H2,(H,25,27). The Kier molecular flexibility index (Phi) is 6.91. The largest absolute Gasteiger partial charge is 0.418 e. The third-order valence-electron chi connectivity index (χ3n) is 3.88. The van der Waals surface area contributed by atoms with Gasteiger partial charge in [-0.2, -0.15) is 13.2 Å². The van der Waals surface area contributed by atoms with Crippen LogP contribution in [0.3, 0.4) is 0 Å². The molecule has 0 aromatic heterocycles. The van der Waals surface area contributed by atoms with Crippen LogP contribution in [0.4, 0.5) is 18.9 Å². The summed E-state index contributed by atoms with van der Waals surface area (Å²) in [6.45, 7) is -0.513. The second-order valence-corrected chi connectivity index (χ2v) is 9.09. The average Bonchev–Trinajstić information content (AvgIpc) is 2.90. The molecule has 1 N–H and O–H groups in total. The minimum atomic E-state index is -4.71. The van der Waals surface area contributed by atoms with Gasteiger partial charge in [0.25, 0.3) is 5.91 Å². The van der Waals surface area contributed by atoms with Crippen LogP contribution < -0.4 is 5.32 Å². The van der Waals surface area contributed by atoms with E-state index in [9.17, 15) is 22.8 Å². The van der Waals surface area contributed by atoms with Crippen LogP contribution in [0, 0.1) is 0 Å². The van der Waals surface area contributed by atoms with Crippen molar-refractivity contribution in [1.29, 1.82) is 0 Å². The third-order valence-corrected chi connectivity index (χ3v) is 5.99. The lowest BCUT2D eigenvalue weighted by atomic mass is 10.1. The molecule has 0 spiro atoms. The van der Waals surface area contributed by atoms with Crippen molar-refractivity contribution < 1.29 is 22.8 Å². The number of nitrogens with zero attached hydrogens (tertiary/aromatic N) is 1. The third kappa shape index (κ3) is 5.42. The normalized spacial score (nSPS) is 15.8. The SMILES string of the molecule is O=C(CN1C(=O)C(=Cc2cccc(Br)c2)SC1=S)Nc1ccc(Cl)cc1C(F)(F)F. The molecule has 3 rings (SSSR count). The van der Waals surface area contributed by atoms with Crippen molar-refractivity contribution in [1.82, 2.24) is 4.90 Å². The fraction of sp³-hybridized carbons (Fsp3) is 0.105. The van der Waals surface area contributed by atoms with Gasteiger partial charge in [0.05, 0.1) is 16.2 Å². The number of benzene rings is 2. The van der Waals surface area contributed by atoms with Crippen molar-refractivity contribution in [3.05, 3.63) is 68.0 Å². The van der Waals surface area contributed by atoms with Gasteiger partial charge in [0.2, 0.25) is 5.91 Å². The summed E-state index contributed by atoms with van der Waals surface area (Å²) in [5.74, 6) is -1.31. The fourth-order valence-corrected chi connectivity index (χ4v) is 4.42. The first-order chi connectivity index (χ1) is 14.0. The minimum absolute atomic E-state index is 0.116. The van der Waals surface area contributed by atoms with E-state index in [4.69, 9.17) is 23.8 Å². The first-order valence-electron chi connectivity index (χ1n) is 8.22. The quantitative estimate of drug-likeness (QED) is 0.388. The molecule has 11 heteroatoms. The number of carbonyl (C=O) groups excluding carboxylic acids is 2. The molecule has 2 aromatic rings. The highest BCUT2D eigenvalue weighted by Crippen LogP contribution is 2.37. The lowest BCUT2D eigenvalue weighted by Gasteiger charge is -2.17. The van der Waals surface area contributed by atoms with E-state index >= 15 is 0 Å². The maximum Gasteiger partial charge on any atom is 0.418 e. The molecule has 0 atom stereocenters. The van der Waals surface area contributed by atoms with Crippen LogP contribution in [0.1, 0.15) is 11.1 Å². The zero-order chi connectivity index (χ0) is 22.1. The predicted molar refractivity (Wildman–Crippen MR) is 119 cm³/mol. The Morgan fingerprint density at radius 2 is 2.00 bits per heavy atom. The molecule has 2 aromatic carbocycles. The summed E-state index contributed by atoms with van der Waals surface area (Å²) in [5.41, 5.74) is -0.777. The number of halogens is 5. The maximum absolute atomic E-state index is 13.2. The van der Waals surface area contributed by atoms with Gasteiger partial charge in [-0.25, -0.2) is 0 Å². The Labute approximate surface area is 192 Å². The first kappa shape index (κ1) is 22.8. The average molecular weight is 536 g/mol. The highest BCUT2D eigenvalue weighted by Gasteiger charge is 2.36. The Hall–Kier alpha value is -1.88. The summed E-state index contributed by atoms with van der Waals surface area (Å²) in [7, 11) is 0. The van der Waals surface area contributed by atoms with Crippen molar-refractivity contribution in [3.63, 3.8) is 0 Å². The van der Waals surface area contributed by atoms with Crippen LogP contribution in [0.2, 0.25) is 5.02 Å². The molecule has 2 amide bonds. The molecule has 1 aliphatic heterocycles. The van der Waals surface area contributed by atoms with E-state index in [1.165, 1.54) is 6.07 Å². The van der Waals surface area contributed by atoms with Gasteiger partial charge in [-0.15, -0.1) is 0 Å². The highest BCUT2D eigenvalue weighted by molar-refractivity contribution is 9.10. The Morgan fingerprint density at radius 3 is 2.67 bits per heavy atom. The van der Waals surface area contributed by atoms with Gasteiger partial charge in [-0.3, -0.25) is 14.5 Å². The molecule has 0 saturated carbocycles. The lowest BCUT2D eigenvalue weighted by Crippen LogP contribution is -2.36. The number of anilines is 1. The number of thiocarbonyl (C=S) groups is 1. The summed E-state index contributed by atoms with van der Waals surface area (Å²) in [5, 5.41) is 2.06. The fourth-order valence-electron chi connectivity index (χ4n) is 2.58. The highest BCUT2D eigenvalue weighted by atomic mass is 79.9. The van der Waals surface area contributed by atoms with Crippen LogP contribution >= 0.6 is 51.5 Å². The smallest absolute Gasteiger partial charge is 0.324 e. The van der Waals surface area contributed by atoms with Gasteiger partial charge in [-0.1, -0.05) is 63.6 Å². The first-order valence-corrected chi connectivity index (χ1v) is 10.6. The van der Waals surface area contributed by atoms with Crippen molar-refractivity contribution in [2.24, 2.45) is 0 Å². The number of thioether (sulfide) groups is 1. The second kappa shape index (κ2) is 9.09. The van der Waals surface area contributed by atoms with Gasteiger partial charge in [0.15, 0.2) is 0 Å². The molecule has 0 unspecified atom stereocenters. The molecular weight excluding hydrogens is 525 g/mol. The van der Waals surface area contributed by atoms with Crippen LogP contribution in [0.25, 0.3) is 6.08 Å². The van der Waals surface area contributed by atoms with Crippen LogP contribution in [-0.2, 0) is 15.8 Å². The molecule has 4 nitrogen and oxygen atoms in total. The lowest BCUT2D eigenvalue weighted by molar-refractivity contribution is -0.137. The Morgan fingerprint density at radius 1 is 1.27 bits per heavy atom. The topological polar surface area (TPSA) is 49.4 Å². The van der Waals surface area contributed by atoms with Crippen molar-refractivity contribution in [3.8, 4) is 0 Å². The van der Waals surface area contributed by atoms with Gasteiger partial charge >= 0.3 is 6.18 Å². The Balaban J connectivity index is 1.75.